The third-order valence-corrected chi connectivity index (χ3v) is 7.82. The number of nitrogens with one attached hydrogen (secondary N) is 2. The van der Waals surface area contributed by atoms with E-state index < -0.39 is 0 Å². The summed E-state index contributed by atoms with van der Waals surface area (Å²) in [6.07, 6.45) is 1.80. The number of methoxy groups -OCH3 is 1. The van der Waals surface area contributed by atoms with Crippen LogP contribution in [0.4, 0.5) is 11.4 Å². The zero-order chi connectivity index (χ0) is 27.7. The van der Waals surface area contributed by atoms with E-state index in [2.05, 4.69) is 58.0 Å². The number of carbonyl (C=O) groups excluding carboxylic acids is 1. The molecule has 2 aromatic carbocycles. The molecule has 200 valence electrons. The molecule has 7 nitrogen and oxygen atoms in total. The van der Waals surface area contributed by atoms with Gasteiger partial charge in [-0.1, -0.05) is 35.9 Å². The van der Waals surface area contributed by atoms with Gasteiger partial charge in [0.2, 0.25) is 5.91 Å². The summed E-state index contributed by atoms with van der Waals surface area (Å²) >= 11 is 12.6. The molecule has 1 aliphatic heterocycles. The molecule has 39 heavy (non-hydrogen) atoms. The summed E-state index contributed by atoms with van der Waals surface area (Å²) in [5, 5.41) is 7.30. The second-order valence-electron chi connectivity index (χ2n) is 9.52. The molecule has 4 aromatic rings. The second-order valence-corrected chi connectivity index (χ2v) is 10.3. The van der Waals surface area contributed by atoms with Gasteiger partial charge in [0, 0.05) is 41.6 Å². The fourth-order valence-electron chi connectivity index (χ4n) is 5.40. The highest BCUT2D eigenvalue weighted by Gasteiger charge is 2.43. The third kappa shape index (κ3) is 5.03. The average molecular weight is 560 g/mol. The van der Waals surface area contributed by atoms with Crippen molar-refractivity contribution in [1.29, 1.82) is 0 Å². The van der Waals surface area contributed by atoms with E-state index in [1.807, 2.05) is 48.5 Å². The maximum atomic E-state index is 12.1. The standard InChI is InChI=1S/C30H30ClN5O2S/c1-18-19(2)35(21-10-6-5-7-11-21)20(3)27(18)29-28(25-12-8-9-15-32-25)34-30(39)36(29)22-13-14-24(23(31)16-22)33-26(37)17-38-4/h5-16,28-29H,17H2,1-4H3,(H,33,37)(H,34,39). The highest BCUT2D eigenvalue weighted by atomic mass is 35.5. The zero-order valence-electron chi connectivity index (χ0n) is 22.2. The predicted octanol–water partition coefficient (Wildman–Crippen LogP) is 6.21. The minimum atomic E-state index is -0.275. The molecule has 9 heteroatoms. The first-order chi connectivity index (χ1) is 18.8. The Morgan fingerprint density at radius 1 is 1.05 bits per heavy atom. The van der Waals surface area contributed by atoms with Crippen LogP contribution in [0.1, 0.15) is 40.3 Å². The summed E-state index contributed by atoms with van der Waals surface area (Å²) in [4.78, 5) is 18.9. The average Bonchev–Trinajstić information content (AvgIpc) is 3.38. The Balaban J connectivity index is 1.64. The van der Waals surface area contributed by atoms with Crippen LogP contribution in [-0.2, 0) is 9.53 Å². The van der Waals surface area contributed by atoms with Gasteiger partial charge in [0.1, 0.15) is 6.61 Å². The Morgan fingerprint density at radius 2 is 1.79 bits per heavy atom. The molecule has 0 radical (unpaired) electrons. The van der Waals surface area contributed by atoms with Crippen LogP contribution in [0, 0.1) is 20.8 Å². The number of nitrogens with zero attached hydrogens (tertiary/aromatic N) is 3. The normalized spacial score (nSPS) is 16.8. The summed E-state index contributed by atoms with van der Waals surface area (Å²) in [7, 11) is 1.47. The lowest BCUT2D eigenvalue weighted by Crippen LogP contribution is -2.30. The smallest absolute Gasteiger partial charge is 0.250 e. The number of rotatable bonds is 7. The Labute approximate surface area is 238 Å². The Bertz CT molecular complexity index is 1520. The molecule has 1 saturated heterocycles. The summed E-state index contributed by atoms with van der Waals surface area (Å²) in [5.41, 5.74) is 7.99. The van der Waals surface area contributed by atoms with E-state index in [9.17, 15) is 4.79 Å². The molecule has 0 bridgehead atoms. The number of carbonyl (C=O) groups is 1. The molecular formula is C30H30ClN5O2S. The quantitative estimate of drug-likeness (QED) is 0.262. The molecule has 0 aliphatic carbocycles. The van der Waals surface area contributed by atoms with Crippen LogP contribution in [0.5, 0.6) is 0 Å². The van der Waals surface area contributed by atoms with Gasteiger partial charge in [-0.3, -0.25) is 9.78 Å². The summed E-state index contributed by atoms with van der Waals surface area (Å²) in [5.74, 6) is -0.275. The van der Waals surface area contributed by atoms with Gasteiger partial charge in [-0.25, -0.2) is 0 Å². The minimum absolute atomic E-state index is 0.0532. The molecule has 0 spiro atoms. The lowest BCUT2D eigenvalue weighted by atomic mass is 9.93. The number of aromatic nitrogens is 2. The van der Waals surface area contributed by atoms with Crippen LogP contribution in [0.2, 0.25) is 5.02 Å². The molecule has 2 unspecified atom stereocenters. The molecule has 1 fully saturated rings. The monoisotopic (exact) mass is 559 g/mol. The van der Waals surface area contributed by atoms with E-state index in [4.69, 9.17) is 28.6 Å². The molecule has 1 aliphatic rings. The zero-order valence-corrected chi connectivity index (χ0v) is 23.8. The first-order valence-electron chi connectivity index (χ1n) is 12.6. The summed E-state index contributed by atoms with van der Waals surface area (Å²) in [6.45, 7) is 6.41. The number of benzene rings is 2. The second kappa shape index (κ2) is 11.2. The van der Waals surface area contributed by atoms with Gasteiger partial charge in [0.15, 0.2) is 5.11 Å². The van der Waals surface area contributed by atoms with Crippen molar-refractivity contribution in [3.8, 4) is 5.69 Å². The van der Waals surface area contributed by atoms with Crippen LogP contribution in [0.15, 0.2) is 72.9 Å². The fourth-order valence-corrected chi connectivity index (χ4v) is 5.97. The maximum Gasteiger partial charge on any atom is 0.250 e. The van der Waals surface area contributed by atoms with Crippen molar-refractivity contribution in [2.24, 2.45) is 0 Å². The summed E-state index contributed by atoms with van der Waals surface area (Å²) < 4.78 is 7.21. The van der Waals surface area contributed by atoms with E-state index in [0.717, 1.165) is 22.8 Å². The number of pyridine rings is 1. The highest BCUT2D eigenvalue weighted by Crippen LogP contribution is 2.46. The highest BCUT2D eigenvalue weighted by molar-refractivity contribution is 7.80. The number of anilines is 2. The number of para-hydroxylation sites is 1. The Morgan fingerprint density at radius 3 is 2.46 bits per heavy atom. The minimum Gasteiger partial charge on any atom is -0.375 e. The summed E-state index contributed by atoms with van der Waals surface area (Å²) in [6, 6.07) is 21.4. The van der Waals surface area contributed by atoms with Crippen molar-refractivity contribution in [2.45, 2.75) is 32.9 Å². The van der Waals surface area contributed by atoms with Crippen LogP contribution in [0.3, 0.4) is 0 Å². The molecule has 2 N–H and O–H groups in total. The number of thiocarbonyl (C=S) groups is 1. The fraction of sp³-hybridized carbons (Fsp3) is 0.233. The first kappa shape index (κ1) is 26.9. The van der Waals surface area contributed by atoms with Crippen LogP contribution < -0.4 is 15.5 Å². The molecule has 0 saturated carbocycles. The van der Waals surface area contributed by atoms with Crippen LogP contribution >= 0.6 is 23.8 Å². The molecule has 1 amide bonds. The molecule has 2 atom stereocenters. The number of hydrogen-bond donors (Lipinski definition) is 2. The van der Waals surface area contributed by atoms with Gasteiger partial charge >= 0.3 is 0 Å². The van der Waals surface area contributed by atoms with E-state index in [1.165, 1.54) is 23.9 Å². The van der Waals surface area contributed by atoms with E-state index >= 15 is 0 Å². The molecule has 3 heterocycles. The van der Waals surface area contributed by atoms with Crippen LogP contribution in [0.25, 0.3) is 5.69 Å². The molecule has 5 rings (SSSR count). The lowest BCUT2D eigenvalue weighted by molar-refractivity contribution is -0.119. The van der Waals surface area contributed by atoms with Gasteiger partial charge in [-0.15, -0.1) is 0 Å². The van der Waals surface area contributed by atoms with Gasteiger partial charge in [0.05, 0.1) is 28.5 Å². The lowest BCUT2D eigenvalue weighted by Gasteiger charge is -2.29. The number of ether oxygens (including phenoxy) is 1. The Kier molecular flexibility index (Phi) is 7.70. The van der Waals surface area contributed by atoms with Crippen molar-refractivity contribution in [2.75, 3.05) is 23.9 Å². The molecule has 2 aromatic heterocycles. The van der Waals surface area contributed by atoms with Gasteiger partial charge in [-0.05, 0) is 81.0 Å². The van der Waals surface area contributed by atoms with Crippen molar-refractivity contribution < 1.29 is 9.53 Å². The van der Waals surface area contributed by atoms with Crippen molar-refractivity contribution >= 4 is 46.2 Å². The first-order valence-corrected chi connectivity index (χ1v) is 13.4. The molecular weight excluding hydrogens is 530 g/mol. The topological polar surface area (TPSA) is 71.4 Å². The number of amides is 1. The van der Waals surface area contributed by atoms with Crippen molar-refractivity contribution in [1.82, 2.24) is 14.9 Å². The largest absolute Gasteiger partial charge is 0.375 e. The predicted molar refractivity (Wildman–Crippen MR) is 160 cm³/mol. The van der Waals surface area contributed by atoms with Crippen LogP contribution in [-0.4, -0.2) is 34.3 Å². The number of hydrogen-bond acceptors (Lipinski definition) is 4. The number of halogens is 1. The van der Waals surface area contributed by atoms with Gasteiger partial charge in [-0.2, -0.15) is 0 Å². The van der Waals surface area contributed by atoms with Gasteiger partial charge < -0.3 is 24.8 Å². The van der Waals surface area contributed by atoms with E-state index in [0.29, 0.717) is 15.8 Å². The third-order valence-electron chi connectivity index (χ3n) is 7.20. The van der Waals surface area contributed by atoms with E-state index in [-0.39, 0.29) is 24.6 Å². The Hall–Kier alpha value is -3.72. The van der Waals surface area contributed by atoms with Crippen molar-refractivity contribution in [3.05, 3.63) is 106 Å². The van der Waals surface area contributed by atoms with E-state index in [1.54, 1.807) is 12.3 Å². The van der Waals surface area contributed by atoms with Gasteiger partial charge in [0.25, 0.3) is 0 Å². The SMILES string of the molecule is COCC(=O)Nc1ccc(N2C(=S)NC(c3ccccn3)C2c2c(C)c(C)n(-c3ccccc3)c2C)cc1Cl. The van der Waals surface area contributed by atoms with Crippen molar-refractivity contribution in [3.63, 3.8) is 0 Å². The maximum absolute atomic E-state index is 12.1.